The minimum absolute atomic E-state index is 0. The maximum absolute atomic E-state index is 11.1. The number of methoxy groups -OCH3 is 1. The van der Waals surface area contributed by atoms with Crippen molar-refractivity contribution in [3.05, 3.63) is 18.2 Å². The van der Waals surface area contributed by atoms with Gasteiger partial charge in [-0.2, -0.15) is 0 Å². The van der Waals surface area contributed by atoms with E-state index in [2.05, 4.69) is 40.2 Å². The monoisotopic (exact) mass is 304 g/mol. The van der Waals surface area contributed by atoms with E-state index in [0.29, 0.717) is 6.42 Å². The number of rotatable bonds is 6. The van der Waals surface area contributed by atoms with Crippen LogP contribution in [0.5, 0.6) is 0 Å². The summed E-state index contributed by atoms with van der Waals surface area (Å²) in [5.74, 6) is -0.147. The summed E-state index contributed by atoms with van der Waals surface area (Å²) in [6, 6.07) is 0. The molecule has 0 unspecified atom stereocenters. The fourth-order valence-electron chi connectivity index (χ4n) is 1.76. The van der Waals surface area contributed by atoms with Crippen LogP contribution in [0.4, 0.5) is 0 Å². The summed E-state index contributed by atoms with van der Waals surface area (Å²) in [7, 11) is 1.43. The van der Waals surface area contributed by atoms with Crippen LogP contribution in [0.3, 0.4) is 0 Å². The van der Waals surface area contributed by atoms with E-state index in [1.54, 1.807) is 0 Å². The molecule has 17 heavy (non-hydrogen) atoms. The Morgan fingerprint density at radius 1 is 1.47 bits per heavy atom. The first-order chi connectivity index (χ1) is 7.71. The molecule has 98 valence electrons. The van der Waals surface area contributed by atoms with Crippen molar-refractivity contribution in [3.8, 4) is 0 Å². The van der Waals surface area contributed by atoms with Crippen LogP contribution in [0, 0.1) is 0 Å². The Labute approximate surface area is 113 Å². The van der Waals surface area contributed by atoms with Crippen LogP contribution >= 0.6 is 0 Å². The van der Waals surface area contributed by atoms with Crippen molar-refractivity contribution in [3.63, 3.8) is 0 Å². The zero-order valence-corrected chi connectivity index (χ0v) is 12.4. The van der Waals surface area contributed by atoms with Gasteiger partial charge >= 0.3 is 5.97 Å². The van der Waals surface area contributed by atoms with E-state index in [1.165, 1.54) is 12.8 Å². The van der Waals surface area contributed by atoms with Gasteiger partial charge < -0.3 is 21.7 Å². The minimum atomic E-state index is -0.147. The van der Waals surface area contributed by atoms with Gasteiger partial charge in [0.25, 0.3) is 0 Å². The molecule has 0 spiro atoms. The maximum Gasteiger partial charge on any atom is 0.305 e. The molecule has 1 rings (SSSR count). The van der Waals surface area contributed by atoms with Crippen molar-refractivity contribution in [2.24, 2.45) is 0 Å². The van der Waals surface area contributed by atoms with Gasteiger partial charge in [0.2, 0.25) is 6.33 Å². The lowest BCUT2D eigenvalue weighted by Gasteiger charge is -1.97. The van der Waals surface area contributed by atoms with E-state index in [-0.39, 0.29) is 23.0 Å². The second-order valence-electron chi connectivity index (χ2n) is 3.84. The molecule has 0 atom stereocenters. The summed E-state index contributed by atoms with van der Waals surface area (Å²) in [6.45, 7) is 6.23. The highest BCUT2D eigenvalue weighted by atomic mass is 79.9. The van der Waals surface area contributed by atoms with Crippen LogP contribution in [0.15, 0.2) is 12.5 Å². The third-order valence-corrected chi connectivity index (χ3v) is 2.61. The zero-order valence-electron chi connectivity index (χ0n) is 10.8. The van der Waals surface area contributed by atoms with Gasteiger partial charge in [-0.15, -0.1) is 0 Å². The first kappa shape index (κ1) is 16.2. The third kappa shape index (κ3) is 4.89. The molecule has 1 aromatic rings. The molecule has 0 aliphatic rings. The zero-order chi connectivity index (χ0) is 12.0. The lowest BCUT2D eigenvalue weighted by atomic mass is 10.2. The van der Waals surface area contributed by atoms with E-state index in [9.17, 15) is 4.79 Å². The van der Waals surface area contributed by atoms with Gasteiger partial charge in [-0.3, -0.25) is 4.79 Å². The molecule has 0 fully saturated rings. The van der Waals surface area contributed by atoms with Gasteiger partial charge in [0.05, 0.1) is 26.6 Å². The van der Waals surface area contributed by atoms with Gasteiger partial charge in [-0.05, 0) is 13.3 Å². The summed E-state index contributed by atoms with van der Waals surface area (Å²) in [5.41, 5.74) is 1.20. The van der Waals surface area contributed by atoms with Gasteiger partial charge in [0, 0.05) is 6.42 Å². The molecule has 0 saturated heterocycles. The predicted octanol–water partition coefficient (Wildman–Crippen LogP) is -1.68. The maximum atomic E-state index is 11.1. The van der Waals surface area contributed by atoms with Crippen molar-refractivity contribution in [2.45, 2.75) is 46.2 Å². The van der Waals surface area contributed by atoms with Gasteiger partial charge in [-0.1, -0.05) is 6.92 Å². The molecule has 0 saturated carbocycles. The average molecular weight is 305 g/mol. The molecule has 0 N–H and O–H groups in total. The molecular weight excluding hydrogens is 284 g/mol. The number of imidazole rings is 1. The van der Waals surface area contributed by atoms with Gasteiger partial charge in [-0.25, -0.2) is 9.13 Å². The third-order valence-electron chi connectivity index (χ3n) is 2.61. The van der Waals surface area contributed by atoms with Crippen molar-refractivity contribution in [2.75, 3.05) is 7.11 Å². The number of aryl methyl sites for hydroxylation is 3. The molecule has 1 heterocycles. The highest BCUT2D eigenvalue weighted by molar-refractivity contribution is 5.69. The van der Waals surface area contributed by atoms with Crippen LogP contribution < -0.4 is 21.5 Å². The number of aromatic nitrogens is 2. The molecular formula is C12H21BrN2O2. The second kappa shape index (κ2) is 8.28. The van der Waals surface area contributed by atoms with Crippen LogP contribution in [0.2, 0.25) is 0 Å². The average Bonchev–Trinajstić information content (AvgIpc) is 2.68. The van der Waals surface area contributed by atoms with Crippen molar-refractivity contribution < 1.29 is 31.1 Å². The summed E-state index contributed by atoms with van der Waals surface area (Å²) in [6.07, 6.45) is 6.55. The Morgan fingerprint density at radius 2 is 2.18 bits per heavy atom. The standard InChI is InChI=1S/C12H21N2O2.BrH/c1-4-8-13-9-11(14(5-2)10-13)6-7-12(15)16-3;/h9-10H,4-8H2,1-3H3;1H/q+1;/p-1. The molecule has 4 nitrogen and oxygen atoms in total. The molecule has 0 radical (unpaired) electrons. The Hall–Kier alpha value is -0.840. The summed E-state index contributed by atoms with van der Waals surface area (Å²) in [4.78, 5) is 11.1. The van der Waals surface area contributed by atoms with Crippen molar-refractivity contribution in [1.29, 1.82) is 0 Å². The number of carbonyl (C=O) groups excluding carboxylic acids is 1. The molecule has 0 aliphatic heterocycles. The summed E-state index contributed by atoms with van der Waals surface area (Å²) >= 11 is 0. The van der Waals surface area contributed by atoms with E-state index < -0.39 is 0 Å². The summed E-state index contributed by atoms with van der Waals surface area (Å²) in [5, 5.41) is 0. The molecule has 0 aromatic carbocycles. The normalized spacial score (nSPS) is 9.82. The van der Waals surface area contributed by atoms with Gasteiger partial charge in [0.1, 0.15) is 11.9 Å². The Kier molecular flexibility index (Phi) is 7.87. The van der Waals surface area contributed by atoms with Crippen LogP contribution in [0.1, 0.15) is 32.4 Å². The quantitative estimate of drug-likeness (QED) is 0.465. The minimum Gasteiger partial charge on any atom is -1.00 e. The fraction of sp³-hybridized carbons (Fsp3) is 0.667. The molecule has 0 bridgehead atoms. The summed E-state index contributed by atoms with van der Waals surface area (Å²) < 4.78 is 9.00. The number of halogens is 1. The van der Waals surface area contributed by atoms with E-state index >= 15 is 0 Å². The van der Waals surface area contributed by atoms with Crippen molar-refractivity contribution in [1.82, 2.24) is 4.57 Å². The number of carbonyl (C=O) groups is 1. The van der Waals surface area contributed by atoms with E-state index in [4.69, 9.17) is 0 Å². The highest BCUT2D eigenvalue weighted by Gasteiger charge is 2.13. The SMILES string of the molecule is CCCn1cc(CCC(=O)OC)[n+](CC)c1.[Br-]. The topological polar surface area (TPSA) is 35.1 Å². The highest BCUT2D eigenvalue weighted by Crippen LogP contribution is 2.01. The Balaban J connectivity index is 0.00000256. The van der Waals surface area contributed by atoms with Gasteiger partial charge in [0.15, 0.2) is 0 Å². The number of ether oxygens (including phenoxy) is 1. The Morgan fingerprint density at radius 3 is 2.71 bits per heavy atom. The fourth-order valence-corrected chi connectivity index (χ4v) is 1.76. The van der Waals surface area contributed by atoms with E-state index in [1.807, 2.05) is 0 Å². The molecule has 0 amide bonds. The number of hydrogen-bond donors (Lipinski definition) is 0. The van der Waals surface area contributed by atoms with Crippen LogP contribution in [-0.2, 0) is 29.0 Å². The lowest BCUT2D eigenvalue weighted by molar-refractivity contribution is -0.700. The predicted molar refractivity (Wildman–Crippen MR) is 60.9 cm³/mol. The number of hydrogen-bond acceptors (Lipinski definition) is 2. The largest absolute Gasteiger partial charge is 1.00 e. The molecule has 0 aliphatic carbocycles. The van der Waals surface area contributed by atoms with Crippen LogP contribution in [-0.4, -0.2) is 17.6 Å². The number of nitrogens with zero attached hydrogens (tertiary/aromatic N) is 2. The molecule has 5 heteroatoms. The smallest absolute Gasteiger partial charge is 0.305 e. The lowest BCUT2D eigenvalue weighted by Crippen LogP contribution is -3.00. The second-order valence-corrected chi connectivity index (χ2v) is 3.84. The first-order valence-electron chi connectivity index (χ1n) is 5.86. The van der Waals surface area contributed by atoms with Crippen molar-refractivity contribution >= 4 is 5.97 Å². The Bertz CT molecular complexity index is 350. The first-order valence-corrected chi connectivity index (χ1v) is 5.86. The molecule has 1 aromatic heterocycles. The van der Waals surface area contributed by atoms with Crippen LogP contribution in [0.25, 0.3) is 0 Å². The van der Waals surface area contributed by atoms with E-state index in [0.717, 1.165) is 25.9 Å². The number of esters is 1.